The highest BCUT2D eigenvalue weighted by Crippen LogP contribution is 2.37. The number of carbonyl (C=O) groups excluding carboxylic acids is 2. The fraction of sp³-hybridized carbons (Fsp3) is 0.231. The molecule has 3 aromatic heterocycles. The average Bonchev–Trinajstić information content (AvgIpc) is 3.34. The van der Waals surface area contributed by atoms with Crippen LogP contribution in [-0.2, 0) is 7.05 Å². The van der Waals surface area contributed by atoms with Gasteiger partial charge < -0.3 is 20.3 Å². The van der Waals surface area contributed by atoms with Gasteiger partial charge in [-0.3, -0.25) is 14.3 Å². The highest BCUT2D eigenvalue weighted by Gasteiger charge is 2.18. The number of benzene rings is 1. The Morgan fingerprint density at radius 3 is 2.49 bits per heavy atom. The standard InChI is InChI=1S/C26H28N8O3/c1-6-21(35)17-14-27-23(31-22-12-8-11-19(30-22)26(36)33(2)3)13-20(17)29-18-10-7-9-16(24(18)37-5)25-28-15-34(4)32-25/h7-15H,6H2,1-5H3,(H2,27,29,30,31). The molecule has 0 unspecified atom stereocenters. The number of ketones is 1. The molecular formula is C26H28N8O3. The van der Waals surface area contributed by atoms with Gasteiger partial charge in [0.2, 0.25) is 0 Å². The number of pyridine rings is 2. The summed E-state index contributed by atoms with van der Waals surface area (Å²) in [5.74, 6) is 1.66. The maximum Gasteiger partial charge on any atom is 0.272 e. The fourth-order valence-corrected chi connectivity index (χ4v) is 3.66. The number of hydrogen-bond acceptors (Lipinski definition) is 9. The zero-order valence-electron chi connectivity index (χ0n) is 21.3. The lowest BCUT2D eigenvalue weighted by Gasteiger charge is -2.17. The molecule has 0 aliphatic rings. The Balaban J connectivity index is 1.70. The van der Waals surface area contributed by atoms with Crippen LogP contribution >= 0.6 is 0 Å². The van der Waals surface area contributed by atoms with Crippen LogP contribution < -0.4 is 15.4 Å². The van der Waals surface area contributed by atoms with Gasteiger partial charge in [0, 0.05) is 39.8 Å². The molecule has 190 valence electrons. The quantitative estimate of drug-likeness (QED) is 0.327. The number of hydrogen-bond donors (Lipinski definition) is 2. The molecule has 0 radical (unpaired) electrons. The molecule has 0 saturated carbocycles. The fourth-order valence-electron chi connectivity index (χ4n) is 3.66. The SMILES string of the molecule is CCC(=O)c1cnc(Nc2cccc(C(=O)N(C)C)n2)cc1Nc1cccc(-c2ncn(C)n2)c1OC. The van der Waals surface area contributed by atoms with Crippen LogP contribution in [0.4, 0.5) is 23.0 Å². The third-order valence-corrected chi connectivity index (χ3v) is 5.48. The van der Waals surface area contributed by atoms with E-state index in [0.717, 1.165) is 0 Å². The summed E-state index contributed by atoms with van der Waals surface area (Å²) in [5.41, 5.74) is 2.60. The van der Waals surface area contributed by atoms with E-state index < -0.39 is 0 Å². The number of Topliss-reactive ketones (excluding diaryl/α,β-unsaturated/α-hetero) is 1. The molecule has 11 nitrogen and oxygen atoms in total. The maximum atomic E-state index is 12.7. The van der Waals surface area contributed by atoms with Crippen molar-refractivity contribution in [1.29, 1.82) is 0 Å². The van der Waals surface area contributed by atoms with Gasteiger partial charge in [-0.25, -0.2) is 15.0 Å². The molecule has 0 aliphatic carbocycles. The maximum absolute atomic E-state index is 12.7. The number of amides is 1. The van der Waals surface area contributed by atoms with E-state index in [1.807, 2.05) is 18.2 Å². The minimum absolute atomic E-state index is 0.0697. The Kier molecular flexibility index (Phi) is 7.42. The van der Waals surface area contributed by atoms with Crippen LogP contribution in [0.1, 0.15) is 34.2 Å². The number of carbonyl (C=O) groups is 2. The van der Waals surface area contributed by atoms with Gasteiger partial charge in [0.1, 0.15) is 23.7 Å². The number of aromatic nitrogens is 5. The van der Waals surface area contributed by atoms with Gasteiger partial charge in [-0.1, -0.05) is 19.1 Å². The summed E-state index contributed by atoms with van der Waals surface area (Å²) < 4.78 is 7.32. The van der Waals surface area contributed by atoms with Crippen LogP contribution in [0.5, 0.6) is 5.75 Å². The van der Waals surface area contributed by atoms with Crippen molar-refractivity contribution in [2.45, 2.75) is 13.3 Å². The van der Waals surface area contributed by atoms with Crippen molar-refractivity contribution in [3.8, 4) is 17.1 Å². The van der Waals surface area contributed by atoms with E-state index in [1.165, 1.54) is 11.1 Å². The summed E-state index contributed by atoms with van der Waals surface area (Å²) in [4.78, 5) is 39.6. The first-order valence-corrected chi connectivity index (χ1v) is 11.6. The van der Waals surface area contributed by atoms with E-state index in [2.05, 4.69) is 30.7 Å². The number of anilines is 4. The third-order valence-electron chi connectivity index (χ3n) is 5.48. The number of nitrogens with zero attached hydrogens (tertiary/aromatic N) is 6. The van der Waals surface area contributed by atoms with Crippen LogP contribution in [0.3, 0.4) is 0 Å². The summed E-state index contributed by atoms with van der Waals surface area (Å²) in [7, 11) is 6.69. The van der Waals surface area contributed by atoms with E-state index in [0.29, 0.717) is 57.8 Å². The molecule has 3 heterocycles. The molecule has 11 heteroatoms. The first-order valence-electron chi connectivity index (χ1n) is 11.6. The molecule has 1 amide bonds. The van der Waals surface area contributed by atoms with E-state index in [9.17, 15) is 9.59 Å². The van der Waals surface area contributed by atoms with Gasteiger partial charge >= 0.3 is 0 Å². The summed E-state index contributed by atoms with van der Waals surface area (Å²) in [5, 5.41) is 10.8. The summed E-state index contributed by atoms with van der Waals surface area (Å²) in [6, 6.07) is 12.4. The topological polar surface area (TPSA) is 127 Å². The lowest BCUT2D eigenvalue weighted by atomic mass is 10.1. The third kappa shape index (κ3) is 5.56. The number of para-hydroxylation sites is 1. The molecule has 0 aliphatic heterocycles. The predicted molar refractivity (Wildman–Crippen MR) is 141 cm³/mol. The molecule has 0 bridgehead atoms. The zero-order chi connectivity index (χ0) is 26.5. The minimum Gasteiger partial charge on any atom is -0.494 e. The number of nitrogens with one attached hydrogen (secondary N) is 2. The van der Waals surface area contributed by atoms with Crippen LogP contribution in [0.2, 0.25) is 0 Å². The highest BCUT2D eigenvalue weighted by molar-refractivity contribution is 6.02. The zero-order valence-corrected chi connectivity index (χ0v) is 21.3. The van der Waals surface area contributed by atoms with Gasteiger partial charge in [0.15, 0.2) is 17.4 Å². The van der Waals surface area contributed by atoms with Crippen molar-refractivity contribution < 1.29 is 14.3 Å². The summed E-state index contributed by atoms with van der Waals surface area (Å²) in [6.07, 6.45) is 3.44. The smallest absolute Gasteiger partial charge is 0.272 e. The minimum atomic E-state index is -0.211. The van der Waals surface area contributed by atoms with Gasteiger partial charge in [0.05, 0.1) is 29.6 Å². The Labute approximate surface area is 214 Å². The van der Waals surface area contributed by atoms with Gasteiger partial charge in [0.25, 0.3) is 5.91 Å². The molecule has 37 heavy (non-hydrogen) atoms. The molecule has 0 saturated heterocycles. The van der Waals surface area contributed by atoms with E-state index in [1.54, 1.807) is 70.5 Å². The Hall–Kier alpha value is -4.80. The lowest BCUT2D eigenvalue weighted by molar-refractivity contribution is 0.0822. The molecule has 4 aromatic rings. The largest absolute Gasteiger partial charge is 0.494 e. The second-order valence-electron chi connectivity index (χ2n) is 8.38. The highest BCUT2D eigenvalue weighted by atomic mass is 16.5. The predicted octanol–water partition coefficient (Wildman–Crippen LogP) is 4.06. The van der Waals surface area contributed by atoms with Gasteiger partial charge in [-0.05, 0) is 24.3 Å². The van der Waals surface area contributed by atoms with Crippen LogP contribution in [-0.4, -0.2) is 62.5 Å². The lowest BCUT2D eigenvalue weighted by Crippen LogP contribution is -2.22. The monoisotopic (exact) mass is 500 g/mol. The van der Waals surface area contributed by atoms with E-state index >= 15 is 0 Å². The van der Waals surface area contributed by atoms with Gasteiger partial charge in [-0.2, -0.15) is 5.10 Å². The average molecular weight is 501 g/mol. The molecule has 2 N–H and O–H groups in total. The number of aryl methyl sites for hydroxylation is 1. The van der Waals surface area contributed by atoms with Crippen molar-refractivity contribution in [1.82, 2.24) is 29.6 Å². The second-order valence-corrected chi connectivity index (χ2v) is 8.38. The molecule has 0 spiro atoms. The Morgan fingerprint density at radius 2 is 1.81 bits per heavy atom. The van der Waals surface area contributed by atoms with E-state index in [4.69, 9.17) is 4.74 Å². The van der Waals surface area contributed by atoms with Crippen LogP contribution in [0, 0.1) is 0 Å². The van der Waals surface area contributed by atoms with Crippen molar-refractivity contribution >= 4 is 34.7 Å². The van der Waals surface area contributed by atoms with Crippen LogP contribution in [0.25, 0.3) is 11.4 Å². The van der Waals surface area contributed by atoms with Crippen LogP contribution in [0.15, 0.2) is 55.0 Å². The van der Waals surface area contributed by atoms with Crippen molar-refractivity contribution in [2.24, 2.45) is 7.05 Å². The normalized spacial score (nSPS) is 10.6. The number of ether oxygens (including phenoxy) is 1. The Bertz CT molecular complexity index is 1450. The number of methoxy groups -OCH3 is 1. The first kappa shape index (κ1) is 25.3. The molecule has 1 aromatic carbocycles. The molecule has 0 fully saturated rings. The van der Waals surface area contributed by atoms with Crippen molar-refractivity contribution in [3.05, 3.63) is 66.2 Å². The summed E-state index contributed by atoms with van der Waals surface area (Å²) in [6.45, 7) is 1.80. The Morgan fingerprint density at radius 1 is 1.03 bits per heavy atom. The number of rotatable bonds is 9. The molecular weight excluding hydrogens is 472 g/mol. The van der Waals surface area contributed by atoms with Gasteiger partial charge in [-0.15, -0.1) is 0 Å². The van der Waals surface area contributed by atoms with Crippen molar-refractivity contribution in [3.63, 3.8) is 0 Å². The molecule has 0 atom stereocenters. The molecule has 4 rings (SSSR count). The van der Waals surface area contributed by atoms with Crippen molar-refractivity contribution in [2.75, 3.05) is 31.8 Å². The first-order chi connectivity index (χ1) is 17.8. The summed E-state index contributed by atoms with van der Waals surface area (Å²) >= 11 is 0. The van der Waals surface area contributed by atoms with E-state index in [-0.39, 0.29) is 11.7 Å². The second kappa shape index (κ2) is 10.9.